The van der Waals surface area contributed by atoms with Gasteiger partial charge in [-0.2, -0.15) is 0 Å². The number of nitrogens with zero attached hydrogens (tertiary/aromatic N) is 2. The first-order valence-corrected chi connectivity index (χ1v) is 7.64. The summed E-state index contributed by atoms with van der Waals surface area (Å²) in [5, 5.41) is 0.426. The summed E-state index contributed by atoms with van der Waals surface area (Å²) in [7, 11) is 3.65. The summed E-state index contributed by atoms with van der Waals surface area (Å²) in [6.45, 7) is 0.882. The fourth-order valence-electron chi connectivity index (χ4n) is 1.61. The molecule has 4 nitrogen and oxygen atoms in total. The first-order valence-electron chi connectivity index (χ1n) is 5.62. The third kappa shape index (κ3) is 3.34. The van der Waals surface area contributed by atoms with Gasteiger partial charge in [-0.1, -0.05) is 27.3 Å². The van der Waals surface area contributed by atoms with Crippen molar-refractivity contribution in [3.8, 4) is 0 Å². The predicted molar refractivity (Wildman–Crippen MR) is 86.0 cm³/mol. The lowest BCUT2D eigenvalue weighted by Crippen LogP contribution is -2.25. The Morgan fingerprint density at radius 1 is 1.53 bits per heavy atom. The number of rotatable bonds is 3. The highest BCUT2D eigenvalue weighted by Crippen LogP contribution is 2.21. The zero-order valence-corrected chi connectivity index (χ0v) is 13.8. The van der Waals surface area contributed by atoms with Gasteiger partial charge in [-0.25, -0.2) is 0 Å². The highest BCUT2D eigenvalue weighted by molar-refractivity contribution is 9.10. The molecule has 1 aromatic carbocycles. The van der Waals surface area contributed by atoms with Crippen LogP contribution in [0.1, 0.15) is 0 Å². The first kappa shape index (κ1) is 14.5. The summed E-state index contributed by atoms with van der Waals surface area (Å²) in [6, 6.07) is 5.81. The van der Waals surface area contributed by atoms with Crippen LogP contribution in [0.4, 0.5) is 0 Å². The molecule has 102 valence electrons. The summed E-state index contributed by atoms with van der Waals surface area (Å²) in [6.07, 6.45) is 0. The minimum absolute atomic E-state index is 0.0208. The molecule has 7 heteroatoms. The van der Waals surface area contributed by atoms with Crippen molar-refractivity contribution in [1.29, 1.82) is 0 Å². The minimum Gasteiger partial charge on any atom is -0.469 e. The van der Waals surface area contributed by atoms with E-state index in [0.717, 1.165) is 14.7 Å². The lowest BCUT2D eigenvalue weighted by Gasteiger charge is -2.14. The topological polar surface area (TPSA) is 34.5 Å². The molecular weight excluding hydrogens is 348 g/mol. The number of fused-ring (bicyclic) bond motifs is 1. The smallest absolute Gasteiger partial charge is 0.308 e. The summed E-state index contributed by atoms with van der Waals surface area (Å²) >= 11 is 9.67. The van der Waals surface area contributed by atoms with Crippen LogP contribution in [-0.2, 0) is 11.3 Å². The molecule has 1 aromatic heterocycles. The van der Waals surface area contributed by atoms with Gasteiger partial charge in [-0.15, -0.1) is 0 Å². The van der Waals surface area contributed by atoms with Crippen LogP contribution in [0, 0.1) is 0 Å². The van der Waals surface area contributed by atoms with Crippen molar-refractivity contribution in [3.05, 3.63) is 32.3 Å². The van der Waals surface area contributed by atoms with Crippen LogP contribution in [0.5, 0.6) is 0 Å². The van der Waals surface area contributed by atoms with Crippen LogP contribution in [0.2, 0.25) is 0 Å². The molecule has 0 radical (unpaired) electrons. The SMILES string of the molecule is CN(C)C(=S)OCCn1c(=O)sc2cc(Br)ccc21. The Balaban J connectivity index is 2.15. The van der Waals surface area contributed by atoms with Crippen LogP contribution in [0.25, 0.3) is 10.2 Å². The van der Waals surface area contributed by atoms with E-state index in [1.54, 1.807) is 9.47 Å². The molecule has 0 atom stereocenters. The van der Waals surface area contributed by atoms with E-state index in [0.29, 0.717) is 18.3 Å². The van der Waals surface area contributed by atoms with Crippen molar-refractivity contribution in [2.75, 3.05) is 20.7 Å². The molecular formula is C12H13BrN2O2S2. The van der Waals surface area contributed by atoms with Gasteiger partial charge in [-0.3, -0.25) is 9.36 Å². The van der Waals surface area contributed by atoms with E-state index in [-0.39, 0.29) is 4.87 Å². The molecule has 0 N–H and O–H groups in total. The zero-order chi connectivity index (χ0) is 14.0. The summed E-state index contributed by atoms with van der Waals surface area (Å²) in [5.41, 5.74) is 0.928. The van der Waals surface area contributed by atoms with Crippen LogP contribution >= 0.6 is 39.5 Å². The second kappa shape index (κ2) is 6.02. The Morgan fingerprint density at radius 2 is 2.26 bits per heavy atom. The van der Waals surface area contributed by atoms with Gasteiger partial charge in [0.2, 0.25) is 0 Å². The van der Waals surface area contributed by atoms with Crippen LogP contribution < -0.4 is 4.87 Å². The Kier molecular flexibility index (Phi) is 4.59. The molecule has 2 rings (SSSR count). The third-order valence-electron chi connectivity index (χ3n) is 2.54. The molecule has 1 heterocycles. The van der Waals surface area contributed by atoms with Crippen molar-refractivity contribution >= 4 is 54.9 Å². The maximum atomic E-state index is 11.9. The number of halogens is 1. The monoisotopic (exact) mass is 360 g/mol. The molecule has 0 aliphatic carbocycles. The summed E-state index contributed by atoms with van der Waals surface area (Å²) < 4.78 is 9.05. The van der Waals surface area contributed by atoms with Gasteiger partial charge in [0.25, 0.3) is 5.17 Å². The van der Waals surface area contributed by atoms with Gasteiger partial charge in [0.15, 0.2) is 0 Å². The highest BCUT2D eigenvalue weighted by Gasteiger charge is 2.08. The molecule has 0 amide bonds. The van der Waals surface area contributed by atoms with E-state index in [1.165, 1.54) is 11.3 Å². The molecule has 0 aliphatic rings. The molecule has 0 unspecified atom stereocenters. The van der Waals surface area contributed by atoms with Crippen molar-refractivity contribution in [3.63, 3.8) is 0 Å². The number of hydrogen-bond acceptors (Lipinski definition) is 4. The number of benzene rings is 1. The Labute approximate surface area is 128 Å². The number of aromatic nitrogens is 1. The molecule has 2 aromatic rings. The van der Waals surface area contributed by atoms with Crippen molar-refractivity contribution in [2.24, 2.45) is 0 Å². The van der Waals surface area contributed by atoms with Crippen LogP contribution in [-0.4, -0.2) is 35.3 Å². The normalized spacial score (nSPS) is 10.7. The highest BCUT2D eigenvalue weighted by atomic mass is 79.9. The zero-order valence-electron chi connectivity index (χ0n) is 10.6. The number of hydrogen-bond donors (Lipinski definition) is 0. The average Bonchev–Trinajstić information content (AvgIpc) is 2.64. The molecule has 0 spiro atoms. The maximum Gasteiger partial charge on any atom is 0.308 e. The summed E-state index contributed by atoms with van der Waals surface area (Å²) in [4.78, 5) is 13.7. The van der Waals surface area contributed by atoms with Gasteiger partial charge >= 0.3 is 4.87 Å². The van der Waals surface area contributed by atoms with Gasteiger partial charge < -0.3 is 9.64 Å². The quantitative estimate of drug-likeness (QED) is 0.788. The fourth-order valence-corrected chi connectivity index (χ4v) is 3.16. The number of ether oxygens (including phenoxy) is 1. The van der Waals surface area contributed by atoms with E-state index in [2.05, 4.69) is 15.9 Å². The van der Waals surface area contributed by atoms with Crippen LogP contribution in [0.3, 0.4) is 0 Å². The molecule has 19 heavy (non-hydrogen) atoms. The van der Waals surface area contributed by atoms with Gasteiger partial charge in [-0.05, 0) is 30.4 Å². The number of thiocarbonyl (C=S) groups is 1. The lowest BCUT2D eigenvalue weighted by atomic mass is 10.3. The Morgan fingerprint density at radius 3 is 2.95 bits per heavy atom. The van der Waals surface area contributed by atoms with E-state index in [4.69, 9.17) is 17.0 Å². The number of thiazole rings is 1. The van der Waals surface area contributed by atoms with Gasteiger partial charge in [0.05, 0.1) is 16.8 Å². The van der Waals surface area contributed by atoms with Crippen molar-refractivity contribution < 1.29 is 4.74 Å². The van der Waals surface area contributed by atoms with Gasteiger partial charge in [0.1, 0.15) is 6.61 Å². The minimum atomic E-state index is 0.0208. The van der Waals surface area contributed by atoms with Crippen LogP contribution in [0.15, 0.2) is 27.5 Å². The fraction of sp³-hybridized carbons (Fsp3) is 0.333. The Hall–Kier alpha value is -0.920. The molecule has 0 saturated heterocycles. The lowest BCUT2D eigenvalue weighted by molar-refractivity contribution is 0.255. The van der Waals surface area contributed by atoms with E-state index < -0.39 is 0 Å². The largest absolute Gasteiger partial charge is 0.469 e. The van der Waals surface area contributed by atoms with E-state index in [1.807, 2.05) is 32.3 Å². The molecule has 0 bridgehead atoms. The van der Waals surface area contributed by atoms with E-state index in [9.17, 15) is 4.79 Å². The maximum absolute atomic E-state index is 11.9. The summed E-state index contributed by atoms with van der Waals surface area (Å²) in [5.74, 6) is 0. The average molecular weight is 361 g/mol. The second-order valence-electron chi connectivity index (χ2n) is 4.14. The molecule has 0 fully saturated rings. The first-order chi connectivity index (χ1) is 8.99. The second-order valence-corrected chi connectivity index (χ2v) is 6.40. The molecule has 0 aliphatic heterocycles. The van der Waals surface area contributed by atoms with Crippen molar-refractivity contribution in [2.45, 2.75) is 6.54 Å². The van der Waals surface area contributed by atoms with Crippen molar-refractivity contribution in [1.82, 2.24) is 9.47 Å². The predicted octanol–water partition coefficient (Wildman–Crippen LogP) is 2.69. The van der Waals surface area contributed by atoms with Gasteiger partial charge in [0, 0.05) is 18.6 Å². The standard InChI is InChI=1S/C12H13BrN2O2S2/c1-14(2)12(18)17-6-5-15-9-4-3-8(13)7-10(9)19-11(15)16/h3-4,7H,5-6H2,1-2H3. The third-order valence-corrected chi connectivity index (χ3v) is 4.45. The Bertz CT molecular complexity index is 663. The van der Waals surface area contributed by atoms with E-state index >= 15 is 0 Å². The molecule has 0 saturated carbocycles.